The molecule has 2 aromatic carbocycles. The van der Waals surface area contributed by atoms with Crippen molar-refractivity contribution in [2.45, 2.75) is 12.8 Å². The highest BCUT2D eigenvalue weighted by molar-refractivity contribution is 5.79. The molecule has 0 radical (unpaired) electrons. The summed E-state index contributed by atoms with van der Waals surface area (Å²) in [6.07, 6.45) is -0.365. The van der Waals surface area contributed by atoms with E-state index in [0.29, 0.717) is 172 Å². The molecule has 0 unspecified atom stereocenters. The van der Waals surface area contributed by atoms with Crippen LogP contribution < -0.4 is 0 Å². The summed E-state index contributed by atoms with van der Waals surface area (Å²) in [5, 5.41) is 0. The van der Waals surface area contributed by atoms with E-state index < -0.39 is 0 Å². The molecule has 0 bridgehead atoms. The average molecular weight is 810 g/mol. The molecule has 1 amide bonds. The van der Waals surface area contributed by atoms with Crippen LogP contribution in [0.25, 0.3) is 11.1 Å². The predicted octanol–water partition coefficient (Wildman–Crippen LogP) is 4.09. The molecule has 15 nitrogen and oxygen atoms in total. The van der Waals surface area contributed by atoms with Crippen LogP contribution in [0.3, 0.4) is 0 Å². The Morgan fingerprint density at radius 3 is 1.04 bits per heavy atom. The summed E-state index contributed by atoms with van der Waals surface area (Å²) in [6, 6.07) is 16.6. The number of benzene rings is 2. The van der Waals surface area contributed by atoms with E-state index in [1.165, 1.54) is 27.2 Å². The molecule has 0 spiro atoms. The van der Waals surface area contributed by atoms with Crippen molar-refractivity contribution in [1.29, 1.82) is 0 Å². The van der Waals surface area contributed by atoms with Crippen LogP contribution >= 0.6 is 0 Å². The lowest BCUT2D eigenvalue weighted by molar-refractivity contribution is -0.0283. The Bertz CT molecular complexity index is 1210. The van der Waals surface area contributed by atoms with Crippen molar-refractivity contribution < 1.29 is 66.4 Å². The number of hydrogen-bond donors (Lipinski definition) is 0. The Labute approximate surface area is 339 Å². The van der Waals surface area contributed by atoms with E-state index in [-0.39, 0.29) is 12.0 Å². The fourth-order valence-electron chi connectivity index (χ4n) is 5.56. The Balaban J connectivity index is 0.955. The van der Waals surface area contributed by atoms with Crippen LogP contribution in [0.1, 0.15) is 24.0 Å². The minimum atomic E-state index is -0.365. The Hall–Kier alpha value is -2.77. The lowest BCUT2D eigenvalue weighted by atomic mass is 9.98. The van der Waals surface area contributed by atoms with Crippen molar-refractivity contribution >= 4 is 6.09 Å². The number of nitrogens with zero attached hydrogens (tertiary/aromatic N) is 1. The van der Waals surface area contributed by atoms with Gasteiger partial charge in [0, 0.05) is 26.1 Å². The lowest BCUT2D eigenvalue weighted by Gasteiger charge is -2.19. The third-order valence-electron chi connectivity index (χ3n) is 8.51. The van der Waals surface area contributed by atoms with Crippen molar-refractivity contribution in [1.82, 2.24) is 4.90 Å². The summed E-state index contributed by atoms with van der Waals surface area (Å²) in [6.45, 7) is 14.9. The van der Waals surface area contributed by atoms with Gasteiger partial charge in [0.15, 0.2) is 0 Å². The Kier molecular flexibility index (Phi) is 29.1. The Morgan fingerprint density at radius 2 is 0.719 bits per heavy atom. The maximum absolute atomic E-state index is 12.6. The monoisotopic (exact) mass is 809 g/mol. The van der Waals surface area contributed by atoms with Crippen LogP contribution in [-0.2, 0) is 61.6 Å². The first-order valence-electron chi connectivity index (χ1n) is 20.2. The summed E-state index contributed by atoms with van der Waals surface area (Å²) >= 11 is 0. The molecule has 2 aromatic rings. The summed E-state index contributed by atoms with van der Waals surface area (Å²) in [4.78, 5) is 14.2. The van der Waals surface area contributed by atoms with Crippen molar-refractivity contribution in [3.05, 3.63) is 59.7 Å². The predicted molar refractivity (Wildman–Crippen MR) is 213 cm³/mol. The lowest BCUT2D eigenvalue weighted by Crippen LogP contribution is -2.32. The molecular formula is C42H67NO14. The largest absolute Gasteiger partial charge is 0.448 e. The SMILES string of the molecule is CCOCCOCCOCCOCCOCCOCCOCCOCCOCCOCCOCCOCCN(C)C(=O)OCC1c2ccccc2-c2ccccc21. The van der Waals surface area contributed by atoms with E-state index >= 15 is 0 Å². The average Bonchev–Trinajstić information content (AvgIpc) is 3.55. The first-order valence-corrected chi connectivity index (χ1v) is 20.2. The molecule has 0 saturated carbocycles. The van der Waals surface area contributed by atoms with Crippen LogP contribution in [-0.4, -0.2) is 190 Å². The summed E-state index contributed by atoms with van der Waals surface area (Å²) in [5.41, 5.74) is 4.80. The van der Waals surface area contributed by atoms with Gasteiger partial charge in [-0.1, -0.05) is 48.5 Å². The van der Waals surface area contributed by atoms with Crippen molar-refractivity contribution in [2.75, 3.05) is 179 Å². The first-order chi connectivity index (χ1) is 28.2. The van der Waals surface area contributed by atoms with Crippen LogP contribution in [0.2, 0.25) is 0 Å². The number of likely N-dealkylation sites (N-methyl/N-ethyl adjacent to an activating group) is 1. The van der Waals surface area contributed by atoms with Crippen LogP contribution in [0.4, 0.5) is 4.79 Å². The van der Waals surface area contributed by atoms with Gasteiger partial charge in [-0.2, -0.15) is 0 Å². The topological polar surface area (TPSA) is 140 Å². The molecule has 0 fully saturated rings. The molecule has 1 aliphatic rings. The van der Waals surface area contributed by atoms with E-state index in [4.69, 9.17) is 61.6 Å². The number of ether oxygens (including phenoxy) is 13. The maximum atomic E-state index is 12.6. The van der Waals surface area contributed by atoms with Gasteiger partial charge in [-0.05, 0) is 29.2 Å². The number of carbonyl (C=O) groups is 1. The van der Waals surface area contributed by atoms with Crippen molar-refractivity contribution in [2.24, 2.45) is 0 Å². The number of fused-ring (bicyclic) bond motifs is 3. The van der Waals surface area contributed by atoms with Crippen molar-refractivity contribution in [3.8, 4) is 11.1 Å². The zero-order valence-electron chi connectivity index (χ0n) is 34.2. The second-order valence-corrected chi connectivity index (χ2v) is 12.7. The fourth-order valence-corrected chi connectivity index (χ4v) is 5.56. The molecule has 1 aliphatic carbocycles. The van der Waals surface area contributed by atoms with Gasteiger partial charge in [0.2, 0.25) is 0 Å². The van der Waals surface area contributed by atoms with Crippen LogP contribution in [0, 0.1) is 0 Å². The van der Waals surface area contributed by atoms with E-state index in [1.54, 1.807) is 7.05 Å². The van der Waals surface area contributed by atoms with Gasteiger partial charge < -0.3 is 66.5 Å². The zero-order valence-corrected chi connectivity index (χ0v) is 34.2. The van der Waals surface area contributed by atoms with E-state index in [0.717, 1.165) is 0 Å². The van der Waals surface area contributed by atoms with E-state index in [9.17, 15) is 4.79 Å². The third-order valence-corrected chi connectivity index (χ3v) is 8.51. The third kappa shape index (κ3) is 22.8. The first kappa shape index (κ1) is 48.6. The molecule has 0 aromatic heterocycles. The molecular weight excluding hydrogens is 742 g/mol. The number of hydrogen-bond acceptors (Lipinski definition) is 14. The highest BCUT2D eigenvalue weighted by Gasteiger charge is 2.29. The van der Waals surface area contributed by atoms with Crippen molar-refractivity contribution in [3.63, 3.8) is 0 Å². The number of amides is 1. The van der Waals surface area contributed by atoms with Gasteiger partial charge >= 0.3 is 6.09 Å². The van der Waals surface area contributed by atoms with Gasteiger partial charge in [0.1, 0.15) is 6.61 Å². The molecule has 0 aliphatic heterocycles. The van der Waals surface area contributed by atoms with E-state index in [2.05, 4.69) is 24.3 Å². The summed E-state index contributed by atoms with van der Waals surface area (Å²) < 4.78 is 71.3. The highest BCUT2D eigenvalue weighted by Crippen LogP contribution is 2.44. The van der Waals surface area contributed by atoms with Gasteiger partial charge in [0.05, 0.1) is 152 Å². The molecule has 0 heterocycles. The second kappa shape index (κ2) is 34.1. The quantitative estimate of drug-likeness (QED) is 0.0896. The molecule has 3 rings (SSSR count). The zero-order chi connectivity index (χ0) is 40.3. The van der Waals surface area contributed by atoms with Gasteiger partial charge in [-0.25, -0.2) is 4.79 Å². The molecule has 0 atom stereocenters. The standard InChI is InChI=1S/C42H67NO14/c1-3-45-14-15-47-18-19-49-22-23-51-26-27-53-30-31-55-34-35-56-33-32-54-29-28-52-25-24-50-21-20-48-17-16-46-13-12-43(2)42(44)57-36-41-39-10-6-4-8-37(39)38-9-5-7-11-40(38)41/h4-11,41H,3,12-36H2,1-2H3. The minimum Gasteiger partial charge on any atom is -0.448 e. The molecule has 324 valence electrons. The summed E-state index contributed by atoms with van der Waals surface area (Å²) in [5.74, 6) is 0.0375. The molecule has 0 N–H and O–H groups in total. The normalized spacial score (nSPS) is 12.2. The maximum Gasteiger partial charge on any atom is 0.409 e. The van der Waals surface area contributed by atoms with Gasteiger partial charge in [-0.15, -0.1) is 0 Å². The number of rotatable bonds is 39. The second-order valence-electron chi connectivity index (χ2n) is 12.7. The van der Waals surface area contributed by atoms with Gasteiger partial charge in [0.25, 0.3) is 0 Å². The minimum absolute atomic E-state index is 0.0375. The van der Waals surface area contributed by atoms with Gasteiger partial charge in [-0.3, -0.25) is 0 Å². The van der Waals surface area contributed by atoms with Crippen LogP contribution in [0.15, 0.2) is 48.5 Å². The Morgan fingerprint density at radius 1 is 0.439 bits per heavy atom. The van der Waals surface area contributed by atoms with E-state index in [1.807, 2.05) is 31.2 Å². The molecule has 57 heavy (non-hydrogen) atoms. The summed E-state index contributed by atoms with van der Waals surface area (Å²) in [7, 11) is 1.71. The highest BCUT2D eigenvalue weighted by atomic mass is 16.6. The smallest absolute Gasteiger partial charge is 0.409 e. The number of carbonyl (C=O) groups excluding carboxylic acids is 1. The fraction of sp³-hybridized carbons (Fsp3) is 0.690. The van der Waals surface area contributed by atoms with Crippen LogP contribution in [0.5, 0.6) is 0 Å². The molecule has 0 saturated heterocycles. The molecule has 15 heteroatoms.